The number of carboxylic acid groups (broad SMARTS) is 1. The molecule has 1 saturated heterocycles. The first-order chi connectivity index (χ1) is 10.0. The molecule has 0 bridgehead atoms. The normalized spacial score (nSPS) is 16.7. The van der Waals surface area contributed by atoms with Crippen molar-refractivity contribution in [3.63, 3.8) is 0 Å². The second-order valence-corrected chi connectivity index (χ2v) is 5.29. The summed E-state index contributed by atoms with van der Waals surface area (Å²) in [6.45, 7) is 5.14. The van der Waals surface area contributed by atoms with E-state index in [1.165, 1.54) is 6.07 Å². The Morgan fingerprint density at radius 2 is 1.95 bits per heavy atom. The molecular formula is C15H21N3O3. The Balaban J connectivity index is 2.06. The van der Waals surface area contributed by atoms with Gasteiger partial charge in [-0.05, 0) is 31.5 Å². The van der Waals surface area contributed by atoms with Crippen LogP contribution in [0.5, 0.6) is 0 Å². The Bertz CT molecular complexity index is 525. The maximum Gasteiger partial charge on any atom is 0.354 e. The number of nitrogens with zero attached hydrogens (tertiary/aromatic N) is 3. The van der Waals surface area contributed by atoms with Crippen LogP contribution in [-0.4, -0.2) is 64.5 Å². The van der Waals surface area contributed by atoms with Gasteiger partial charge in [0.15, 0.2) is 0 Å². The largest absolute Gasteiger partial charge is 0.477 e. The van der Waals surface area contributed by atoms with Gasteiger partial charge in [-0.1, -0.05) is 13.0 Å². The summed E-state index contributed by atoms with van der Waals surface area (Å²) >= 11 is 0. The highest BCUT2D eigenvalue weighted by Gasteiger charge is 2.26. The van der Waals surface area contributed by atoms with Crippen molar-refractivity contribution >= 4 is 11.9 Å². The lowest BCUT2D eigenvalue weighted by atomic mass is 10.0. The Kier molecular flexibility index (Phi) is 4.90. The van der Waals surface area contributed by atoms with Gasteiger partial charge < -0.3 is 14.9 Å². The third-order valence-electron chi connectivity index (χ3n) is 4.06. The summed E-state index contributed by atoms with van der Waals surface area (Å²) in [5, 5.41) is 8.94. The lowest BCUT2D eigenvalue weighted by molar-refractivity contribution is 0.0640. The molecule has 0 aromatic carbocycles. The van der Waals surface area contributed by atoms with Crippen LogP contribution in [-0.2, 0) is 0 Å². The molecule has 21 heavy (non-hydrogen) atoms. The fraction of sp³-hybridized carbons (Fsp3) is 0.533. The smallest absolute Gasteiger partial charge is 0.354 e. The predicted octanol–water partition coefficient (Wildman–Crippen LogP) is 1.34. The number of carboxylic acids is 1. The van der Waals surface area contributed by atoms with E-state index in [-0.39, 0.29) is 23.3 Å². The van der Waals surface area contributed by atoms with Crippen LogP contribution in [0.3, 0.4) is 0 Å². The first kappa shape index (κ1) is 15.4. The Labute approximate surface area is 124 Å². The van der Waals surface area contributed by atoms with Gasteiger partial charge in [-0.25, -0.2) is 9.78 Å². The van der Waals surface area contributed by atoms with Crippen molar-refractivity contribution in [2.75, 3.05) is 26.7 Å². The number of rotatable bonds is 4. The van der Waals surface area contributed by atoms with E-state index in [0.29, 0.717) is 0 Å². The molecular weight excluding hydrogens is 270 g/mol. The number of likely N-dealkylation sites (tertiary alicyclic amines) is 1. The highest BCUT2D eigenvalue weighted by Crippen LogP contribution is 2.17. The van der Waals surface area contributed by atoms with Gasteiger partial charge in [-0.2, -0.15) is 0 Å². The third kappa shape index (κ3) is 3.58. The Hall–Kier alpha value is -1.95. The lowest BCUT2D eigenvalue weighted by Gasteiger charge is -2.36. The zero-order chi connectivity index (χ0) is 15.4. The quantitative estimate of drug-likeness (QED) is 0.906. The highest BCUT2D eigenvalue weighted by molar-refractivity contribution is 5.94. The third-order valence-corrected chi connectivity index (χ3v) is 4.06. The molecule has 114 valence electrons. The van der Waals surface area contributed by atoms with Gasteiger partial charge >= 0.3 is 5.97 Å². The van der Waals surface area contributed by atoms with Crippen molar-refractivity contribution in [1.82, 2.24) is 14.8 Å². The molecule has 1 amide bonds. The summed E-state index contributed by atoms with van der Waals surface area (Å²) in [7, 11) is 1.77. The molecule has 6 heteroatoms. The maximum atomic E-state index is 12.4. The van der Waals surface area contributed by atoms with Crippen LogP contribution >= 0.6 is 0 Å². The second-order valence-electron chi connectivity index (χ2n) is 5.29. The molecule has 0 radical (unpaired) electrons. The number of pyridine rings is 1. The number of carbonyl (C=O) groups excluding carboxylic acids is 1. The zero-order valence-corrected chi connectivity index (χ0v) is 12.5. The zero-order valence-electron chi connectivity index (χ0n) is 12.5. The molecule has 6 nitrogen and oxygen atoms in total. The van der Waals surface area contributed by atoms with E-state index in [2.05, 4.69) is 16.8 Å². The average Bonchev–Trinajstić information content (AvgIpc) is 2.53. The molecule has 1 N–H and O–H groups in total. The topological polar surface area (TPSA) is 73.7 Å². The predicted molar refractivity (Wildman–Crippen MR) is 78.4 cm³/mol. The average molecular weight is 291 g/mol. The van der Waals surface area contributed by atoms with Gasteiger partial charge in [0.05, 0.1) is 0 Å². The maximum absolute atomic E-state index is 12.4. The van der Waals surface area contributed by atoms with Crippen molar-refractivity contribution in [1.29, 1.82) is 0 Å². The van der Waals surface area contributed by atoms with Gasteiger partial charge in [-0.15, -0.1) is 0 Å². The number of aromatic nitrogens is 1. The molecule has 1 fully saturated rings. The summed E-state index contributed by atoms with van der Waals surface area (Å²) in [6, 6.07) is 4.69. The Morgan fingerprint density at radius 1 is 1.33 bits per heavy atom. The number of carbonyl (C=O) groups is 2. The summed E-state index contributed by atoms with van der Waals surface area (Å²) in [5.74, 6) is -1.34. The minimum Gasteiger partial charge on any atom is -0.477 e. The molecule has 2 heterocycles. The molecule has 0 atom stereocenters. The molecule has 1 aromatic rings. The number of piperidine rings is 1. The van der Waals surface area contributed by atoms with Crippen molar-refractivity contribution in [3.8, 4) is 0 Å². The first-order valence-electron chi connectivity index (χ1n) is 7.22. The molecule has 2 rings (SSSR count). The van der Waals surface area contributed by atoms with Gasteiger partial charge in [0, 0.05) is 26.2 Å². The standard InChI is InChI=1S/C15H21N3O3/c1-3-18-9-7-11(8-10-18)17(2)14(19)12-5-4-6-13(16-12)15(20)21/h4-6,11H,3,7-10H2,1-2H3,(H,20,21). The fourth-order valence-electron chi connectivity index (χ4n) is 2.64. The van der Waals surface area contributed by atoms with Crippen LogP contribution in [0, 0.1) is 0 Å². The van der Waals surface area contributed by atoms with E-state index in [9.17, 15) is 9.59 Å². The van der Waals surface area contributed by atoms with Crippen LogP contribution in [0.4, 0.5) is 0 Å². The van der Waals surface area contributed by atoms with E-state index in [0.717, 1.165) is 32.5 Å². The van der Waals surface area contributed by atoms with Crippen LogP contribution < -0.4 is 0 Å². The number of hydrogen-bond acceptors (Lipinski definition) is 4. The van der Waals surface area contributed by atoms with Crippen LogP contribution in [0.2, 0.25) is 0 Å². The van der Waals surface area contributed by atoms with E-state index in [4.69, 9.17) is 5.11 Å². The van der Waals surface area contributed by atoms with Crippen LogP contribution in [0.25, 0.3) is 0 Å². The highest BCUT2D eigenvalue weighted by atomic mass is 16.4. The van der Waals surface area contributed by atoms with E-state index >= 15 is 0 Å². The number of hydrogen-bond donors (Lipinski definition) is 1. The summed E-state index contributed by atoms with van der Waals surface area (Å²) in [5.41, 5.74) is 0.0883. The summed E-state index contributed by atoms with van der Waals surface area (Å²) in [6.07, 6.45) is 1.88. The van der Waals surface area contributed by atoms with Crippen LogP contribution in [0.15, 0.2) is 18.2 Å². The van der Waals surface area contributed by atoms with E-state index in [1.54, 1.807) is 24.1 Å². The van der Waals surface area contributed by atoms with Crippen molar-refractivity contribution in [2.24, 2.45) is 0 Å². The molecule has 1 aliphatic rings. The minimum atomic E-state index is -1.12. The second kappa shape index (κ2) is 6.67. The van der Waals surface area contributed by atoms with Gasteiger partial charge in [0.2, 0.25) is 0 Å². The number of amides is 1. The SMILES string of the molecule is CCN1CCC(N(C)C(=O)c2cccc(C(=O)O)n2)CC1. The minimum absolute atomic E-state index is 0.102. The molecule has 0 spiro atoms. The molecule has 0 unspecified atom stereocenters. The summed E-state index contributed by atoms with van der Waals surface area (Å²) < 4.78 is 0. The number of aromatic carboxylic acids is 1. The first-order valence-corrected chi connectivity index (χ1v) is 7.22. The summed E-state index contributed by atoms with van der Waals surface area (Å²) in [4.78, 5) is 31.3. The van der Waals surface area contributed by atoms with Crippen molar-refractivity contribution in [3.05, 3.63) is 29.6 Å². The van der Waals surface area contributed by atoms with Crippen molar-refractivity contribution < 1.29 is 14.7 Å². The van der Waals surface area contributed by atoms with Crippen molar-refractivity contribution in [2.45, 2.75) is 25.8 Å². The van der Waals surface area contributed by atoms with E-state index in [1.807, 2.05) is 0 Å². The molecule has 0 saturated carbocycles. The Morgan fingerprint density at radius 3 is 2.52 bits per heavy atom. The monoisotopic (exact) mass is 291 g/mol. The van der Waals surface area contributed by atoms with Crippen LogP contribution in [0.1, 0.15) is 40.7 Å². The van der Waals surface area contributed by atoms with Gasteiger partial charge in [0.1, 0.15) is 11.4 Å². The molecule has 1 aromatic heterocycles. The lowest BCUT2D eigenvalue weighted by Crippen LogP contribution is -2.45. The molecule has 0 aliphatic carbocycles. The van der Waals surface area contributed by atoms with Gasteiger partial charge in [-0.3, -0.25) is 4.79 Å². The molecule has 1 aliphatic heterocycles. The van der Waals surface area contributed by atoms with E-state index < -0.39 is 5.97 Å². The van der Waals surface area contributed by atoms with Gasteiger partial charge in [0.25, 0.3) is 5.91 Å². The fourth-order valence-corrected chi connectivity index (χ4v) is 2.64.